The van der Waals surface area contributed by atoms with E-state index in [1.54, 1.807) is 0 Å². The molecule has 0 heterocycles. The number of nitrogens with one attached hydrogen (secondary N) is 2. The number of nitrogens with two attached hydrogens (primary N) is 1. The van der Waals surface area contributed by atoms with E-state index in [0.717, 1.165) is 25.7 Å². The van der Waals surface area contributed by atoms with Crippen LogP contribution in [-0.4, -0.2) is 29.1 Å². The zero-order valence-corrected chi connectivity index (χ0v) is 15.3. The van der Waals surface area contributed by atoms with Crippen molar-refractivity contribution in [3.63, 3.8) is 0 Å². The molecule has 2 rings (SSSR count). The lowest BCUT2D eigenvalue weighted by Crippen LogP contribution is -2.52. The second kappa shape index (κ2) is 9.38. The minimum Gasteiger partial charge on any atom is -0.382 e. The molecule has 1 aromatic rings. The van der Waals surface area contributed by atoms with Gasteiger partial charge in [-0.25, -0.2) is 0 Å². The number of hydrazine groups is 1. The van der Waals surface area contributed by atoms with E-state index in [1.807, 2.05) is 0 Å². The molecule has 1 aliphatic rings. The first kappa shape index (κ1) is 20.0. The summed E-state index contributed by atoms with van der Waals surface area (Å²) in [6.45, 7) is 0. The third kappa shape index (κ3) is 5.85. The van der Waals surface area contributed by atoms with Gasteiger partial charge in [0, 0.05) is 11.1 Å². The first-order chi connectivity index (χ1) is 11.9. The van der Waals surface area contributed by atoms with Gasteiger partial charge in [-0.15, -0.1) is 0 Å². The van der Waals surface area contributed by atoms with E-state index >= 15 is 0 Å². The molecule has 0 radical (unpaired) electrons. The topological polar surface area (TPSA) is 104 Å². The molecule has 2 atom stereocenters. The number of rotatable bonds is 5. The Kier molecular flexibility index (Phi) is 7.50. The lowest BCUT2D eigenvalue weighted by molar-refractivity contribution is -0.131. The van der Waals surface area contributed by atoms with E-state index < -0.39 is 24.0 Å². The molecule has 0 spiro atoms. The molecule has 2 amide bonds. The van der Waals surface area contributed by atoms with Crippen molar-refractivity contribution in [2.75, 3.05) is 0 Å². The van der Waals surface area contributed by atoms with Gasteiger partial charge in [-0.2, -0.15) is 0 Å². The van der Waals surface area contributed by atoms with Gasteiger partial charge in [0.25, 0.3) is 11.8 Å². The fourth-order valence-corrected chi connectivity index (χ4v) is 3.56. The van der Waals surface area contributed by atoms with Crippen molar-refractivity contribution in [2.45, 2.75) is 50.7 Å². The maximum atomic E-state index is 12.0. The molecule has 0 aliphatic heterocycles. The Morgan fingerprint density at radius 1 is 1.20 bits per heavy atom. The van der Waals surface area contributed by atoms with Gasteiger partial charge in [0.2, 0.25) is 0 Å². The molecule has 138 valence electrons. The van der Waals surface area contributed by atoms with E-state index in [9.17, 15) is 14.7 Å². The summed E-state index contributed by atoms with van der Waals surface area (Å²) in [5.41, 5.74) is 10.5. The highest BCUT2D eigenvalue weighted by molar-refractivity contribution is 6.36. The van der Waals surface area contributed by atoms with Crippen LogP contribution in [0.15, 0.2) is 18.2 Å². The van der Waals surface area contributed by atoms with Crippen LogP contribution in [0, 0.1) is 5.92 Å². The number of carbonyl (C=O) groups excluding carboxylic acids is 2. The number of carbonyl (C=O) groups is 2. The van der Waals surface area contributed by atoms with Crippen molar-refractivity contribution in [2.24, 2.45) is 11.7 Å². The van der Waals surface area contributed by atoms with E-state index in [2.05, 4.69) is 10.9 Å². The second-order valence-electron chi connectivity index (χ2n) is 6.42. The van der Waals surface area contributed by atoms with Gasteiger partial charge in [0.05, 0.1) is 10.6 Å². The largest absolute Gasteiger partial charge is 0.382 e. The Morgan fingerprint density at radius 3 is 2.52 bits per heavy atom. The summed E-state index contributed by atoms with van der Waals surface area (Å²) in [4.78, 5) is 24.0. The summed E-state index contributed by atoms with van der Waals surface area (Å²) in [6.07, 6.45) is 4.92. The molecule has 1 aliphatic carbocycles. The lowest BCUT2D eigenvalue weighted by atomic mass is 9.84. The van der Waals surface area contributed by atoms with Crippen molar-refractivity contribution in [3.8, 4) is 0 Å². The number of halogens is 2. The number of amides is 2. The van der Waals surface area contributed by atoms with Gasteiger partial charge in [-0.1, -0.05) is 55.3 Å². The lowest BCUT2D eigenvalue weighted by Gasteiger charge is -2.26. The van der Waals surface area contributed by atoms with Gasteiger partial charge >= 0.3 is 0 Å². The van der Waals surface area contributed by atoms with Crippen LogP contribution in [-0.2, 0) is 4.79 Å². The van der Waals surface area contributed by atoms with Crippen molar-refractivity contribution in [1.82, 2.24) is 10.9 Å². The molecule has 5 N–H and O–H groups in total. The molecule has 1 unspecified atom stereocenters. The smallest absolute Gasteiger partial charge is 0.271 e. The van der Waals surface area contributed by atoms with Crippen LogP contribution in [0.25, 0.3) is 0 Å². The van der Waals surface area contributed by atoms with Crippen LogP contribution < -0.4 is 16.6 Å². The quantitative estimate of drug-likeness (QED) is 0.582. The summed E-state index contributed by atoms with van der Waals surface area (Å²) in [7, 11) is 0. The monoisotopic (exact) mass is 387 g/mol. The van der Waals surface area contributed by atoms with Crippen LogP contribution in [0.5, 0.6) is 0 Å². The molecule has 1 fully saturated rings. The molecular weight excluding hydrogens is 365 g/mol. The maximum Gasteiger partial charge on any atom is 0.271 e. The Bertz CT molecular complexity index is 621. The summed E-state index contributed by atoms with van der Waals surface area (Å²) in [5.74, 6) is -0.918. The van der Waals surface area contributed by atoms with Crippen molar-refractivity contribution in [3.05, 3.63) is 33.8 Å². The van der Waals surface area contributed by atoms with Gasteiger partial charge in [0.15, 0.2) is 0 Å². The summed E-state index contributed by atoms with van der Waals surface area (Å²) >= 11 is 11.7. The van der Waals surface area contributed by atoms with Gasteiger partial charge in [0.1, 0.15) is 6.10 Å². The molecule has 6 nitrogen and oxygen atoms in total. The normalized spacial score (nSPS) is 17.6. The summed E-state index contributed by atoms with van der Waals surface area (Å²) in [5, 5.41) is 10.6. The third-order valence-corrected chi connectivity index (χ3v) is 5.03. The van der Waals surface area contributed by atoms with Crippen molar-refractivity contribution in [1.29, 1.82) is 0 Å². The van der Waals surface area contributed by atoms with Crippen LogP contribution in [0.1, 0.15) is 48.9 Å². The van der Waals surface area contributed by atoms with Crippen LogP contribution in [0.2, 0.25) is 10.0 Å². The standard InChI is InChI=1S/C17H23Cl2N3O3/c18-11-6-7-12(13(19)9-11)16(24)21-22-17(25)15(23)14(20)8-10-4-2-1-3-5-10/h6-7,9-10,14-15,23H,1-5,8,20H2,(H,21,24)(H,22,25)/t14-,15?/m1/s1. The highest BCUT2D eigenvalue weighted by Crippen LogP contribution is 2.27. The SMILES string of the molecule is N[C@H](CC1CCCCC1)C(O)C(=O)NNC(=O)c1ccc(Cl)cc1Cl. The number of hydrogen-bond donors (Lipinski definition) is 4. The Labute approximate surface area is 157 Å². The van der Waals surface area contributed by atoms with Gasteiger partial charge in [-0.3, -0.25) is 20.4 Å². The van der Waals surface area contributed by atoms with E-state index in [4.69, 9.17) is 28.9 Å². The average Bonchev–Trinajstić information content (AvgIpc) is 2.59. The molecule has 0 bridgehead atoms. The molecule has 25 heavy (non-hydrogen) atoms. The first-order valence-corrected chi connectivity index (χ1v) is 9.13. The van der Waals surface area contributed by atoms with Crippen LogP contribution in [0.3, 0.4) is 0 Å². The summed E-state index contributed by atoms with van der Waals surface area (Å²) < 4.78 is 0. The highest BCUT2D eigenvalue weighted by Gasteiger charge is 2.27. The van der Waals surface area contributed by atoms with Crippen molar-refractivity contribution < 1.29 is 14.7 Å². The fourth-order valence-electron chi connectivity index (χ4n) is 3.06. The zero-order chi connectivity index (χ0) is 18.4. The number of benzene rings is 1. The number of aliphatic hydroxyl groups excluding tert-OH is 1. The van der Waals surface area contributed by atoms with Crippen molar-refractivity contribution >= 4 is 35.0 Å². The first-order valence-electron chi connectivity index (χ1n) is 8.37. The number of aliphatic hydroxyl groups is 1. The summed E-state index contributed by atoms with van der Waals surface area (Å²) in [6, 6.07) is 3.71. The predicted molar refractivity (Wildman–Crippen MR) is 97.2 cm³/mol. The number of hydrogen-bond acceptors (Lipinski definition) is 4. The van der Waals surface area contributed by atoms with Crippen LogP contribution in [0.4, 0.5) is 0 Å². The highest BCUT2D eigenvalue weighted by atomic mass is 35.5. The molecule has 8 heteroatoms. The molecule has 1 saturated carbocycles. The van der Waals surface area contributed by atoms with Crippen LogP contribution >= 0.6 is 23.2 Å². The Morgan fingerprint density at radius 2 is 1.88 bits per heavy atom. The van der Waals surface area contributed by atoms with E-state index in [0.29, 0.717) is 17.4 Å². The van der Waals surface area contributed by atoms with Gasteiger partial charge in [-0.05, 0) is 30.5 Å². The van der Waals surface area contributed by atoms with E-state index in [-0.39, 0.29) is 10.6 Å². The van der Waals surface area contributed by atoms with E-state index in [1.165, 1.54) is 24.6 Å². The minimum absolute atomic E-state index is 0.160. The third-order valence-electron chi connectivity index (χ3n) is 4.48. The minimum atomic E-state index is -1.39. The molecule has 0 saturated heterocycles. The molecular formula is C17H23Cl2N3O3. The van der Waals surface area contributed by atoms with Gasteiger partial charge < -0.3 is 10.8 Å². The second-order valence-corrected chi connectivity index (χ2v) is 7.26. The molecule has 0 aromatic heterocycles. The fraction of sp³-hybridized carbons (Fsp3) is 0.529. The average molecular weight is 388 g/mol. The Balaban J connectivity index is 1.82. The maximum absolute atomic E-state index is 12.0. The molecule has 1 aromatic carbocycles. The predicted octanol–water partition coefficient (Wildman–Crippen LogP) is 2.41. The Hall–Kier alpha value is -1.34. The zero-order valence-electron chi connectivity index (χ0n) is 13.8.